The van der Waals surface area contributed by atoms with Crippen molar-refractivity contribution in [1.82, 2.24) is 9.13 Å². The molecule has 148 valence electrons. The monoisotopic (exact) mass is 510 g/mol. The molecular weight excluding hydrogens is 496 g/mol. The molecule has 0 saturated heterocycles. The second-order valence-corrected chi connectivity index (χ2v) is 8.06. The molecule has 9 heteroatoms. The van der Waals surface area contributed by atoms with E-state index in [0.29, 0.717) is 26.0 Å². The molecule has 0 amide bonds. The fourth-order valence-electron chi connectivity index (χ4n) is 2.68. The number of rotatable bonds is 7. The van der Waals surface area contributed by atoms with E-state index < -0.39 is 12.7 Å². The van der Waals surface area contributed by atoms with Crippen LogP contribution in [-0.2, 0) is 17.9 Å². The van der Waals surface area contributed by atoms with Gasteiger partial charge < -0.3 is 0 Å². The van der Waals surface area contributed by atoms with Crippen LogP contribution in [0.3, 0.4) is 0 Å². The molecule has 0 saturated carbocycles. The number of halogens is 5. The van der Waals surface area contributed by atoms with Crippen molar-refractivity contribution in [3.05, 3.63) is 85.4 Å². The first-order valence-electron chi connectivity index (χ1n) is 8.21. The number of aromatic nitrogens is 2. The van der Waals surface area contributed by atoms with E-state index in [2.05, 4.69) is 15.6 Å². The summed E-state index contributed by atoms with van der Waals surface area (Å²) in [7, 11) is 0. The Balaban J connectivity index is 1.87. The van der Waals surface area contributed by atoms with E-state index in [4.69, 9.17) is 39.5 Å². The van der Waals surface area contributed by atoms with E-state index in [0.717, 1.165) is 15.7 Å². The molecule has 3 nitrogen and oxygen atoms in total. The topological polar surface area (TPSA) is 19.1 Å². The van der Waals surface area contributed by atoms with Gasteiger partial charge in [-0.3, -0.25) is 0 Å². The van der Waals surface area contributed by atoms with E-state index in [1.165, 1.54) is 6.20 Å². The van der Waals surface area contributed by atoms with E-state index >= 15 is 0 Å². The van der Waals surface area contributed by atoms with E-state index in [1.807, 2.05) is 12.1 Å². The Morgan fingerprint density at radius 1 is 0.964 bits per heavy atom. The van der Waals surface area contributed by atoms with Crippen LogP contribution in [0.2, 0.25) is 15.1 Å². The first-order chi connectivity index (χ1) is 13.3. The summed E-state index contributed by atoms with van der Waals surface area (Å²) in [6.45, 7) is -2.04. The number of ether oxygens (including phenoxy) is 1. The molecular formula is C19H15Cl3F2N2OSe. The molecule has 0 N–H and O–H groups in total. The molecule has 1 unspecified atom stereocenters. The third-order valence-corrected chi connectivity index (χ3v) is 5.87. The first-order valence-corrected chi connectivity index (χ1v) is 10.2. The minimum atomic E-state index is -2.63. The van der Waals surface area contributed by atoms with Gasteiger partial charge in [-0.1, -0.05) is 0 Å². The maximum atomic E-state index is 13.1. The molecule has 0 aliphatic carbocycles. The van der Waals surface area contributed by atoms with E-state index in [1.54, 1.807) is 41.1 Å². The average molecular weight is 511 g/mol. The molecule has 0 fully saturated rings. The molecule has 0 aliphatic heterocycles. The van der Waals surface area contributed by atoms with Gasteiger partial charge in [-0.05, 0) is 0 Å². The van der Waals surface area contributed by atoms with Crippen molar-refractivity contribution >= 4 is 50.4 Å². The Labute approximate surface area is 183 Å². The Kier molecular flexibility index (Phi) is 7.37. The van der Waals surface area contributed by atoms with Gasteiger partial charge in [0.05, 0.1) is 0 Å². The van der Waals surface area contributed by atoms with Gasteiger partial charge in [0.2, 0.25) is 0 Å². The zero-order chi connectivity index (χ0) is 20.3. The van der Waals surface area contributed by atoms with Crippen LogP contribution in [-0.4, -0.2) is 24.7 Å². The van der Waals surface area contributed by atoms with Crippen LogP contribution in [0, 0.1) is 4.32 Å². The van der Waals surface area contributed by atoms with E-state index in [-0.39, 0.29) is 6.54 Å². The third kappa shape index (κ3) is 5.26. The molecule has 0 aliphatic rings. The SMILES string of the molecule is FC(F)n1ccn(CC(OCc2ccc(Cl)cc2)c2ccc(Cl)cc2Cl)c1=[Se]. The summed E-state index contributed by atoms with van der Waals surface area (Å²) < 4.78 is 35.0. The molecule has 0 radical (unpaired) electrons. The fraction of sp³-hybridized carbons (Fsp3) is 0.211. The van der Waals surface area contributed by atoms with Gasteiger partial charge in [0.1, 0.15) is 0 Å². The van der Waals surface area contributed by atoms with Gasteiger partial charge in [-0.2, -0.15) is 0 Å². The van der Waals surface area contributed by atoms with Crippen LogP contribution < -0.4 is 0 Å². The summed E-state index contributed by atoms with van der Waals surface area (Å²) in [4.78, 5) is 0. The summed E-state index contributed by atoms with van der Waals surface area (Å²) in [5, 5.41) is 1.59. The van der Waals surface area contributed by atoms with Crippen LogP contribution >= 0.6 is 34.8 Å². The summed E-state index contributed by atoms with van der Waals surface area (Å²) >= 11 is 21.0. The number of alkyl halides is 2. The Bertz CT molecular complexity index is 1010. The van der Waals surface area contributed by atoms with Crippen LogP contribution in [0.25, 0.3) is 0 Å². The molecule has 0 bridgehead atoms. The molecule has 1 atom stereocenters. The van der Waals surface area contributed by atoms with Crippen molar-refractivity contribution in [2.24, 2.45) is 0 Å². The Morgan fingerprint density at radius 2 is 1.64 bits per heavy atom. The van der Waals surface area contributed by atoms with Gasteiger partial charge in [0.25, 0.3) is 0 Å². The molecule has 3 rings (SSSR count). The number of imidazole rings is 1. The maximum absolute atomic E-state index is 13.1. The van der Waals surface area contributed by atoms with Gasteiger partial charge >= 0.3 is 184 Å². The van der Waals surface area contributed by atoms with Crippen LogP contribution in [0.4, 0.5) is 8.78 Å². The second kappa shape index (κ2) is 9.57. The number of nitrogens with zero attached hydrogens (tertiary/aromatic N) is 2. The molecule has 0 spiro atoms. The normalized spacial score (nSPS) is 12.5. The zero-order valence-electron chi connectivity index (χ0n) is 14.4. The Hall–Kier alpha value is -1.14. The van der Waals surface area contributed by atoms with Crippen LogP contribution in [0.15, 0.2) is 54.9 Å². The van der Waals surface area contributed by atoms with Crippen molar-refractivity contribution in [2.45, 2.75) is 25.8 Å². The summed E-state index contributed by atoms with van der Waals surface area (Å²) in [5.41, 5.74) is 1.65. The van der Waals surface area contributed by atoms with E-state index in [9.17, 15) is 8.78 Å². The van der Waals surface area contributed by atoms with Crippen LogP contribution in [0.1, 0.15) is 23.8 Å². The van der Waals surface area contributed by atoms with Crippen molar-refractivity contribution in [3.63, 3.8) is 0 Å². The van der Waals surface area contributed by atoms with Gasteiger partial charge in [0, 0.05) is 0 Å². The standard InChI is InChI=1S/C19H15Cl3F2N2OSe/c20-13-3-1-12(2-4-13)11-27-17(15-6-5-14(21)9-16(15)22)10-25-7-8-26(18(23)24)19(25)28/h1-9,17-18H,10-11H2. The van der Waals surface area contributed by atoms with Gasteiger partial charge in [0.15, 0.2) is 0 Å². The third-order valence-electron chi connectivity index (χ3n) is 4.12. The summed E-state index contributed by atoms with van der Waals surface area (Å²) in [6, 6.07) is 12.4. The average Bonchev–Trinajstić information content (AvgIpc) is 3.01. The number of benzene rings is 2. The molecule has 3 aromatic rings. The molecule has 1 heterocycles. The molecule has 2 aromatic carbocycles. The zero-order valence-corrected chi connectivity index (χ0v) is 18.3. The van der Waals surface area contributed by atoms with Gasteiger partial charge in [-0.15, -0.1) is 0 Å². The second-order valence-electron chi connectivity index (χ2n) is 6.01. The minimum absolute atomic E-state index is 0.289. The number of hydrogen-bond acceptors (Lipinski definition) is 1. The van der Waals surface area contributed by atoms with Gasteiger partial charge in [-0.25, -0.2) is 0 Å². The molecule has 28 heavy (non-hydrogen) atoms. The molecule has 1 aromatic heterocycles. The number of hydrogen-bond donors (Lipinski definition) is 0. The van der Waals surface area contributed by atoms with Crippen molar-refractivity contribution < 1.29 is 13.5 Å². The first kappa shape index (κ1) is 21.6. The van der Waals surface area contributed by atoms with Crippen molar-refractivity contribution in [2.75, 3.05) is 0 Å². The predicted octanol–water partition coefficient (Wildman–Crippen LogP) is 6.30. The Morgan fingerprint density at radius 3 is 2.25 bits per heavy atom. The summed E-state index contributed by atoms with van der Waals surface area (Å²) in [5.74, 6) is 0. The predicted molar refractivity (Wildman–Crippen MR) is 108 cm³/mol. The quantitative estimate of drug-likeness (QED) is 0.341. The van der Waals surface area contributed by atoms with Crippen molar-refractivity contribution in [1.29, 1.82) is 0 Å². The van der Waals surface area contributed by atoms with Crippen LogP contribution in [0.5, 0.6) is 0 Å². The fourth-order valence-corrected chi connectivity index (χ4v) is 3.91. The summed E-state index contributed by atoms with van der Waals surface area (Å²) in [6.07, 6.45) is 2.41. The van der Waals surface area contributed by atoms with Crippen molar-refractivity contribution in [3.8, 4) is 0 Å².